The molecule has 0 aromatic heterocycles. The molecule has 1 atom stereocenters. The molecule has 6 nitrogen and oxygen atoms in total. The summed E-state index contributed by atoms with van der Waals surface area (Å²) in [5, 5.41) is 2.49. The topological polar surface area (TPSA) is 75.7 Å². The van der Waals surface area contributed by atoms with E-state index in [1.165, 1.54) is 11.8 Å². The number of carbonyl (C=O) groups excluding carboxylic acids is 3. The molecule has 26 heavy (non-hydrogen) atoms. The second kappa shape index (κ2) is 8.80. The van der Waals surface area contributed by atoms with E-state index in [4.69, 9.17) is 4.74 Å². The van der Waals surface area contributed by atoms with Crippen LogP contribution < -0.4 is 10.2 Å². The molecule has 2 rings (SSSR count). The maximum atomic E-state index is 12.3. The molecule has 0 aliphatic carbocycles. The van der Waals surface area contributed by atoms with Crippen LogP contribution in [0.2, 0.25) is 0 Å². The van der Waals surface area contributed by atoms with Gasteiger partial charge in [-0.2, -0.15) is 0 Å². The Morgan fingerprint density at radius 1 is 1.08 bits per heavy atom. The van der Waals surface area contributed by atoms with Crippen LogP contribution in [0.4, 0.5) is 5.69 Å². The Hall–Kier alpha value is -3.15. The van der Waals surface area contributed by atoms with Crippen LogP contribution in [0.25, 0.3) is 0 Å². The van der Waals surface area contributed by atoms with Gasteiger partial charge in [-0.1, -0.05) is 35.9 Å². The first-order valence-corrected chi connectivity index (χ1v) is 8.25. The van der Waals surface area contributed by atoms with Gasteiger partial charge < -0.3 is 15.0 Å². The van der Waals surface area contributed by atoms with E-state index >= 15 is 0 Å². The number of esters is 1. The smallest absolute Gasteiger partial charge is 0.326 e. The molecule has 0 bridgehead atoms. The van der Waals surface area contributed by atoms with Crippen LogP contribution >= 0.6 is 0 Å². The quantitative estimate of drug-likeness (QED) is 0.808. The molecule has 0 fully saturated rings. The Labute approximate surface area is 152 Å². The van der Waals surface area contributed by atoms with Crippen molar-refractivity contribution in [1.82, 2.24) is 5.32 Å². The largest absolute Gasteiger partial charge is 0.451 e. The molecule has 2 aromatic rings. The molecule has 0 saturated heterocycles. The molecule has 6 heteroatoms. The van der Waals surface area contributed by atoms with Gasteiger partial charge in [0.25, 0.3) is 11.8 Å². The van der Waals surface area contributed by atoms with E-state index in [1.807, 2.05) is 31.2 Å². The van der Waals surface area contributed by atoms with Gasteiger partial charge in [0.05, 0.1) is 0 Å². The third kappa shape index (κ3) is 5.17. The Morgan fingerprint density at radius 3 is 2.42 bits per heavy atom. The van der Waals surface area contributed by atoms with Gasteiger partial charge >= 0.3 is 5.97 Å². The minimum absolute atomic E-state index is 0.306. The number of rotatable bonds is 6. The van der Waals surface area contributed by atoms with Gasteiger partial charge in [0.1, 0.15) is 6.54 Å². The number of anilines is 1. The fraction of sp³-hybridized carbons (Fsp3) is 0.250. The Balaban J connectivity index is 1.85. The average Bonchev–Trinajstić information content (AvgIpc) is 2.65. The number of hydrogen-bond donors (Lipinski definition) is 1. The highest BCUT2D eigenvalue weighted by molar-refractivity contribution is 5.98. The minimum atomic E-state index is -0.955. The van der Waals surface area contributed by atoms with Crippen LogP contribution in [-0.4, -0.2) is 37.5 Å². The van der Waals surface area contributed by atoms with Crippen molar-refractivity contribution in [1.29, 1.82) is 0 Å². The number of ether oxygens (including phenoxy) is 1. The SMILES string of the molecule is Cc1cccc(C(=O)NCC(=O)OC(C)C(=O)N(C)c2ccccc2)c1. The van der Waals surface area contributed by atoms with Crippen LogP contribution in [-0.2, 0) is 14.3 Å². The van der Waals surface area contributed by atoms with Crippen molar-refractivity contribution in [2.45, 2.75) is 20.0 Å². The van der Waals surface area contributed by atoms with Crippen molar-refractivity contribution in [2.75, 3.05) is 18.5 Å². The summed E-state index contributed by atoms with van der Waals surface area (Å²) in [4.78, 5) is 37.7. The molecular formula is C20H22N2O4. The van der Waals surface area contributed by atoms with Crippen molar-refractivity contribution in [3.05, 3.63) is 65.7 Å². The second-order valence-corrected chi connectivity index (χ2v) is 5.92. The average molecular weight is 354 g/mol. The summed E-state index contributed by atoms with van der Waals surface area (Å²) in [5.74, 6) is -1.39. The number of aryl methyl sites for hydroxylation is 1. The fourth-order valence-corrected chi connectivity index (χ4v) is 2.38. The van der Waals surface area contributed by atoms with E-state index in [9.17, 15) is 14.4 Å². The normalized spacial score (nSPS) is 11.3. The summed E-state index contributed by atoms with van der Waals surface area (Å²) in [6, 6.07) is 16.1. The molecule has 1 N–H and O–H groups in total. The van der Waals surface area contributed by atoms with Crippen molar-refractivity contribution >= 4 is 23.5 Å². The van der Waals surface area contributed by atoms with E-state index in [-0.39, 0.29) is 18.4 Å². The highest BCUT2D eigenvalue weighted by atomic mass is 16.5. The zero-order valence-electron chi connectivity index (χ0n) is 15.1. The number of carbonyl (C=O) groups is 3. The van der Waals surface area contributed by atoms with Gasteiger partial charge in [-0.15, -0.1) is 0 Å². The molecule has 0 heterocycles. The molecule has 1 unspecified atom stereocenters. The lowest BCUT2D eigenvalue weighted by atomic mass is 10.1. The molecule has 2 aromatic carbocycles. The van der Waals surface area contributed by atoms with Crippen LogP contribution in [0, 0.1) is 6.92 Å². The fourth-order valence-electron chi connectivity index (χ4n) is 2.38. The zero-order chi connectivity index (χ0) is 19.1. The molecule has 0 saturated carbocycles. The van der Waals surface area contributed by atoms with Crippen molar-refractivity contribution in [3.63, 3.8) is 0 Å². The number of hydrogen-bond acceptors (Lipinski definition) is 4. The van der Waals surface area contributed by atoms with Crippen molar-refractivity contribution in [2.24, 2.45) is 0 Å². The summed E-state index contributed by atoms with van der Waals surface area (Å²) in [6.45, 7) is 3.07. The molecular weight excluding hydrogens is 332 g/mol. The van der Waals surface area contributed by atoms with E-state index in [2.05, 4.69) is 5.32 Å². The summed E-state index contributed by atoms with van der Waals surface area (Å²) in [5.41, 5.74) is 2.11. The summed E-state index contributed by atoms with van der Waals surface area (Å²) in [6.07, 6.45) is -0.955. The highest BCUT2D eigenvalue weighted by Gasteiger charge is 2.22. The molecule has 136 valence electrons. The number of para-hydroxylation sites is 1. The number of benzene rings is 2. The summed E-state index contributed by atoms with van der Waals surface area (Å²) >= 11 is 0. The van der Waals surface area contributed by atoms with Crippen LogP contribution in [0.5, 0.6) is 0 Å². The monoisotopic (exact) mass is 354 g/mol. The summed E-state index contributed by atoms with van der Waals surface area (Å²) in [7, 11) is 1.61. The maximum Gasteiger partial charge on any atom is 0.326 e. The predicted molar refractivity (Wildman–Crippen MR) is 98.9 cm³/mol. The van der Waals surface area contributed by atoms with Crippen molar-refractivity contribution < 1.29 is 19.1 Å². The van der Waals surface area contributed by atoms with Crippen molar-refractivity contribution in [3.8, 4) is 0 Å². The number of nitrogens with one attached hydrogen (secondary N) is 1. The van der Waals surface area contributed by atoms with E-state index < -0.39 is 12.1 Å². The number of amides is 2. The molecule has 0 spiro atoms. The van der Waals surface area contributed by atoms with Gasteiger partial charge in [-0.3, -0.25) is 14.4 Å². The lowest BCUT2D eigenvalue weighted by Gasteiger charge is -2.21. The lowest BCUT2D eigenvalue weighted by Crippen LogP contribution is -2.39. The van der Waals surface area contributed by atoms with Gasteiger partial charge in [-0.05, 0) is 38.1 Å². The van der Waals surface area contributed by atoms with Crippen LogP contribution in [0.1, 0.15) is 22.8 Å². The standard InChI is InChI=1S/C20H22N2O4/c1-14-8-7-9-16(12-14)19(24)21-13-18(23)26-15(2)20(25)22(3)17-10-5-4-6-11-17/h4-12,15H,13H2,1-3H3,(H,21,24). The van der Waals surface area contributed by atoms with Gasteiger partial charge in [-0.25, -0.2) is 0 Å². The molecule has 0 radical (unpaired) electrons. The Kier molecular flexibility index (Phi) is 6.49. The second-order valence-electron chi connectivity index (χ2n) is 5.92. The van der Waals surface area contributed by atoms with E-state index in [1.54, 1.807) is 37.4 Å². The minimum Gasteiger partial charge on any atom is -0.451 e. The third-order valence-electron chi connectivity index (χ3n) is 3.80. The van der Waals surface area contributed by atoms with Gasteiger partial charge in [0, 0.05) is 18.3 Å². The van der Waals surface area contributed by atoms with Gasteiger partial charge in [0.15, 0.2) is 6.10 Å². The lowest BCUT2D eigenvalue weighted by molar-refractivity contribution is -0.152. The first-order chi connectivity index (χ1) is 12.4. The predicted octanol–water partition coefficient (Wildman–Crippen LogP) is 2.32. The highest BCUT2D eigenvalue weighted by Crippen LogP contribution is 2.13. The maximum absolute atomic E-state index is 12.3. The van der Waals surface area contributed by atoms with E-state index in [0.29, 0.717) is 11.3 Å². The molecule has 0 aliphatic heterocycles. The van der Waals surface area contributed by atoms with Gasteiger partial charge in [0.2, 0.25) is 0 Å². The number of likely N-dealkylation sites (N-methyl/N-ethyl adjacent to an activating group) is 1. The Bertz CT molecular complexity index is 789. The van der Waals surface area contributed by atoms with Crippen LogP contribution in [0.3, 0.4) is 0 Å². The summed E-state index contributed by atoms with van der Waals surface area (Å²) < 4.78 is 5.12. The first kappa shape index (κ1) is 19.2. The van der Waals surface area contributed by atoms with E-state index in [0.717, 1.165) is 5.56 Å². The third-order valence-corrected chi connectivity index (χ3v) is 3.80. The Morgan fingerprint density at radius 2 is 1.77 bits per heavy atom. The molecule has 2 amide bonds. The first-order valence-electron chi connectivity index (χ1n) is 8.25. The zero-order valence-corrected chi connectivity index (χ0v) is 15.1. The van der Waals surface area contributed by atoms with Crippen LogP contribution in [0.15, 0.2) is 54.6 Å². The number of nitrogens with zero attached hydrogens (tertiary/aromatic N) is 1. The molecule has 0 aliphatic rings.